The third-order valence-corrected chi connectivity index (χ3v) is 4.24. The summed E-state index contributed by atoms with van der Waals surface area (Å²) in [6.07, 6.45) is 0.796. The molecule has 20 heavy (non-hydrogen) atoms. The number of hydrogen-bond donors (Lipinski definition) is 2. The van der Waals surface area contributed by atoms with E-state index in [1.165, 1.54) is 0 Å². The highest BCUT2D eigenvalue weighted by atomic mass is 16.6. The van der Waals surface area contributed by atoms with Gasteiger partial charge in [-0.2, -0.15) is 0 Å². The molecule has 3 fully saturated rings. The Morgan fingerprint density at radius 1 is 1.30 bits per heavy atom. The smallest absolute Gasteiger partial charge is 0.410 e. The zero-order valence-corrected chi connectivity index (χ0v) is 12.7. The summed E-state index contributed by atoms with van der Waals surface area (Å²) in [5.74, 6) is 0.0782. The van der Waals surface area contributed by atoms with Gasteiger partial charge in [0.25, 0.3) is 0 Å². The van der Waals surface area contributed by atoms with Crippen molar-refractivity contribution in [1.82, 2.24) is 4.90 Å². The molecule has 0 radical (unpaired) electrons. The number of rotatable bonds is 3. The van der Waals surface area contributed by atoms with Gasteiger partial charge >= 0.3 is 6.09 Å². The van der Waals surface area contributed by atoms with E-state index in [0.29, 0.717) is 12.5 Å². The molecule has 4 atom stereocenters. The lowest BCUT2D eigenvalue weighted by molar-refractivity contribution is -0.120. The van der Waals surface area contributed by atoms with Gasteiger partial charge in [-0.15, -0.1) is 0 Å². The van der Waals surface area contributed by atoms with E-state index in [-0.39, 0.29) is 24.5 Å². The molecule has 2 amide bonds. The number of amides is 2. The van der Waals surface area contributed by atoms with Crippen molar-refractivity contribution in [2.45, 2.75) is 57.7 Å². The Labute approximate surface area is 119 Å². The van der Waals surface area contributed by atoms with Crippen LogP contribution in [0.4, 0.5) is 4.79 Å². The zero-order chi connectivity index (χ0) is 15.3. The Bertz CT molecular complexity index is 428. The molecule has 0 aromatic carbocycles. The van der Waals surface area contributed by atoms with E-state index in [4.69, 9.17) is 16.2 Å². The van der Waals surface area contributed by atoms with Crippen LogP contribution in [0.2, 0.25) is 0 Å². The van der Waals surface area contributed by atoms with E-state index in [1.54, 1.807) is 4.90 Å². The van der Waals surface area contributed by atoms with Gasteiger partial charge in [0, 0.05) is 30.5 Å². The first kappa shape index (κ1) is 15.1. The van der Waals surface area contributed by atoms with Crippen LogP contribution in [0.15, 0.2) is 0 Å². The first-order chi connectivity index (χ1) is 9.01. The molecule has 2 heterocycles. The normalized spacial score (nSPS) is 31.4. The molecule has 2 bridgehead atoms. The number of ether oxygens (including phenoxy) is 1. The van der Waals surface area contributed by atoms with E-state index in [1.807, 2.05) is 27.7 Å². The molecule has 3 aliphatic rings. The molecule has 1 aliphatic carbocycles. The van der Waals surface area contributed by atoms with Crippen LogP contribution in [-0.4, -0.2) is 40.6 Å². The fraction of sp³-hybridized carbons (Fsp3) is 0.857. The molecule has 114 valence electrons. The number of hydrogen-bond acceptors (Lipinski definition) is 4. The van der Waals surface area contributed by atoms with E-state index in [0.717, 1.165) is 6.42 Å². The predicted molar refractivity (Wildman–Crippen MR) is 74.7 cm³/mol. The van der Waals surface area contributed by atoms with Crippen LogP contribution in [0.5, 0.6) is 0 Å². The average molecular weight is 283 g/mol. The summed E-state index contributed by atoms with van der Waals surface area (Å²) in [5, 5.41) is 0. The summed E-state index contributed by atoms with van der Waals surface area (Å²) in [4.78, 5) is 25.1. The molecule has 1 saturated carbocycles. The molecule has 2 aliphatic heterocycles. The topological polar surface area (TPSA) is 98.7 Å². The second-order valence-corrected chi connectivity index (χ2v) is 7.37. The van der Waals surface area contributed by atoms with E-state index in [2.05, 4.69) is 0 Å². The highest BCUT2D eigenvalue weighted by molar-refractivity contribution is 5.75. The Hall–Kier alpha value is -1.30. The molecule has 0 aromatic heterocycles. The lowest BCUT2D eigenvalue weighted by atomic mass is 9.63. The molecule has 2 saturated heterocycles. The summed E-state index contributed by atoms with van der Waals surface area (Å²) in [5.41, 5.74) is 10.4. The SMILES string of the molecule is CC(C)(C)OC(=O)N1CC2CC1C2C(C)(N)CC(N)=O. The maximum Gasteiger partial charge on any atom is 0.410 e. The molecule has 0 spiro atoms. The van der Waals surface area contributed by atoms with E-state index in [9.17, 15) is 9.59 Å². The molecule has 4 N–H and O–H groups in total. The van der Waals surface area contributed by atoms with Gasteiger partial charge < -0.3 is 21.1 Å². The Balaban J connectivity index is 2.03. The number of nitrogens with two attached hydrogens (primary N) is 2. The molecule has 3 rings (SSSR count). The summed E-state index contributed by atoms with van der Waals surface area (Å²) in [7, 11) is 0. The number of fused-ring (bicyclic) bond motifs is 1. The van der Waals surface area contributed by atoms with Gasteiger partial charge in [0.1, 0.15) is 5.60 Å². The van der Waals surface area contributed by atoms with Gasteiger partial charge in [0.15, 0.2) is 0 Å². The van der Waals surface area contributed by atoms with Crippen molar-refractivity contribution in [3.8, 4) is 0 Å². The standard InChI is InChI=1S/C14H25N3O3/c1-13(2,3)20-12(19)17-7-8-5-9(17)11(8)14(4,16)6-10(15)18/h8-9,11H,5-7,16H2,1-4H3,(H2,15,18). The first-order valence-corrected chi connectivity index (χ1v) is 7.08. The number of primary amides is 1. The summed E-state index contributed by atoms with van der Waals surface area (Å²) in [6.45, 7) is 8.06. The average Bonchev–Trinajstić information content (AvgIpc) is 2.66. The van der Waals surface area contributed by atoms with Gasteiger partial charge in [-0.3, -0.25) is 4.79 Å². The number of nitrogens with zero attached hydrogens (tertiary/aromatic N) is 1. The van der Waals surface area contributed by atoms with Crippen LogP contribution in [-0.2, 0) is 9.53 Å². The van der Waals surface area contributed by atoms with Gasteiger partial charge in [-0.05, 0) is 40.0 Å². The summed E-state index contributed by atoms with van der Waals surface area (Å²) in [6, 6.07) is 0.0733. The molecular weight excluding hydrogens is 258 g/mol. The van der Waals surface area contributed by atoms with Crippen molar-refractivity contribution >= 4 is 12.0 Å². The minimum absolute atomic E-state index is 0.0733. The summed E-state index contributed by atoms with van der Waals surface area (Å²) >= 11 is 0. The van der Waals surface area contributed by atoms with Crippen LogP contribution in [0, 0.1) is 11.8 Å². The molecule has 4 unspecified atom stereocenters. The van der Waals surface area contributed by atoms with E-state index >= 15 is 0 Å². The van der Waals surface area contributed by atoms with Gasteiger partial charge in [0.05, 0.1) is 0 Å². The lowest BCUT2D eigenvalue weighted by Crippen LogP contribution is -2.59. The van der Waals surface area contributed by atoms with Crippen LogP contribution in [0.1, 0.15) is 40.5 Å². The quantitative estimate of drug-likeness (QED) is 0.801. The second-order valence-electron chi connectivity index (χ2n) is 7.37. The first-order valence-electron chi connectivity index (χ1n) is 7.08. The number of carbonyl (C=O) groups excluding carboxylic acids is 2. The highest BCUT2D eigenvalue weighted by Gasteiger charge is 2.59. The maximum atomic E-state index is 12.2. The van der Waals surface area contributed by atoms with Gasteiger partial charge in [-0.1, -0.05) is 0 Å². The van der Waals surface area contributed by atoms with Crippen molar-refractivity contribution in [2.24, 2.45) is 23.3 Å². The van der Waals surface area contributed by atoms with Crippen LogP contribution >= 0.6 is 0 Å². The van der Waals surface area contributed by atoms with Crippen molar-refractivity contribution in [3.63, 3.8) is 0 Å². The molecule has 6 heteroatoms. The van der Waals surface area contributed by atoms with Crippen LogP contribution < -0.4 is 11.5 Å². The number of carbonyl (C=O) groups is 2. The van der Waals surface area contributed by atoms with Gasteiger partial charge in [0.2, 0.25) is 5.91 Å². The fourth-order valence-corrected chi connectivity index (χ4v) is 3.62. The van der Waals surface area contributed by atoms with Crippen molar-refractivity contribution in [2.75, 3.05) is 6.54 Å². The van der Waals surface area contributed by atoms with Crippen molar-refractivity contribution in [1.29, 1.82) is 0 Å². The molecule has 0 aromatic rings. The lowest BCUT2D eigenvalue weighted by Gasteiger charge is -2.46. The minimum Gasteiger partial charge on any atom is -0.444 e. The Morgan fingerprint density at radius 3 is 2.40 bits per heavy atom. The monoisotopic (exact) mass is 283 g/mol. The third kappa shape index (κ3) is 2.75. The highest BCUT2D eigenvalue weighted by Crippen LogP contribution is 2.51. The van der Waals surface area contributed by atoms with Crippen LogP contribution in [0.3, 0.4) is 0 Å². The predicted octanol–water partition coefficient (Wildman–Crippen LogP) is 0.835. The van der Waals surface area contributed by atoms with Gasteiger partial charge in [-0.25, -0.2) is 4.79 Å². The summed E-state index contributed by atoms with van der Waals surface area (Å²) < 4.78 is 5.42. The Kier molecular flexibility index (Phi) is 3.48. The van der Waals surface area contributed by atoms with Crippen molar-refractivity contribution < 1.29 is 14.3 Å². The minimum atomic E-state index is -0.657. The fourth-order valence-electron chi connectivity index (χ4n) is 3.62. The third-order valence-electron chi connectivity index (χ3n) is 4.24. The van der Waals surface area contributed by atoms with E-state index < -0.39 is 17.0 Å². The Morgan fingerprint density at radius 2 is 1.90 bits per heavy atom. The second kappa shape index (κ2) is 4.62. The maximum absolute atomic E-state index is 12.2. The largest absolute Gasteiger partial charge is 0.444 e. The molecule has 6 nitrogen and oxygen atoms in total. The molecular formula is C14H25N3O3. The van der Waals surface area contributed by atoms with Crippen molar-refractivity contribution in [3.05, 3.63) is 0 Å². The zero-order valence-electron chi connectivity index (χ0n) is 12.7. The van der Waals surface area contributed by atoms with Crippen LogP contribution in [0.25, 0.3) is 0 Å².